The first-order chi connectivity index (χ1) is 7.55. The Morgan fingerprint density at radius 2 is 2.12 bits per heavy atom. The van der Waals surface area contributed by atoms with Gasteiger partial charge in [0.1, 0.15) is 11.6 Å². The second-order valence-corrected chi connectivity index (χ2v) is 4.14. The highest BCUT2D eigenvalue weighted by Crippen LogP contribution is 2.43. The lowest BCUT2D eigenvalue weighted by Gasteiger charge is -2.43. The van der Waals surface area contributed by atoms with Crippen LogP contribution in [0, 0.1) is 11.6 Å². The van der Waals surface area contributed by atoms with Crippen LogP contribution in [0.2, 0.25) is 0 Å². The van der Waals surface area contributed by atoms with Crippen LogP contribution in [0.1, 0.15) is 25.3 Å². The van der Waals surface area contributed by atoms with E-state index in [0.29, 0.717) is 19.4 Å². The number of aliphatic hydroxyl groups is 1. The van der Waals surface area contributed by atoms with Gasteiger partial charge in [0.25, 0.3) is 0 Å². The van der Waals surface area contributed by atoms with Crippen LogP contribution in [0.15, 0.2) is 18.2 Å². The molecule has 1 aliphatic carbocycles. The fourth-order valence-electron chi connectivity index (χ4n) is 2.12. The minimum Gasteiger partial charge on any atom is -0.385 e. The summed E-state index contributed by atoms with van der Waals surface area (Å²) in [5, 5.41) is 10.1. The second kappa shape index (κ2) is 4.11. The second-order valence-electron chi connectivity index (χ2n) is 4.14. The van der Waals surface area contributed by atoms with Crippen molar-refractivity contribution >= 4 is 0 Å². The molecule has 0 atom stereocenters. The molecule has 0 heterocycles. The van der Waals surface area contributed by atoms with Crippen LogP contribution in [-0.2, 0) is 10.3 Å². The summed E-state index contributed by atoms with van der Waals surface area (Å²) in [4.78, 5) is 0. The van der Waals surface area contributed by atoms with Crippen LogP contribution in [0.4, 0.5) is 8.78 Å². The van der Waals surface area contributed by atoms with E-state index in [1.54, 1.807) is 0 Å². The highest BCUT2D eigenvalue weighted by molar-refractivity contribution is 5.28. The van der Waals surface area contributed by atoms with Gasteiger partial charge in [0, 0.05) is 25.0 Å². The predicted octanol–water partition coefficient (Wildman–Crippen LogP) is 2.35. The highest BCUT2D eigenvalue weighted by Gasteiger charge is 2.46. The van der Waals surface area contributed by atoms with Gasteiger partial charge in [-0.25, -0.2) is 8.78 Å². The molecule has 0 aliphatic heterocycles. The molecule has 0 saturated heterocycles. The van der Waals surface area contributed by atoms with Crippen molar-refractivity contribution in [3.05, 3.63) is 35.4 Å². The fraction of sp³-hybridized carbons (Fsp3) is 0.500. The zero-order valence-corrected chi connectivity index (χ0v) is 9.04. The molecule has 0 spiro atoms. The molecule has 0 unspecified atom stereocenters. The maximum absolute atomic E-state index is 13.4. The summed E-state index contributed by atoms with van der Waals surface area (Å²) >= 11 is 0. The van der Waals surface area contributed by atoms with Crippen LogP contribution in [-0.4, -0.2) is 17.8 Å². The molecule has 0 aromatic heterocycles. The lowest BCUT2D eigenvalue weighted by Crippen LogP contribution is -2.46. The van der Waals surface area contributed by atoms with Gasteiger partial charge in [0.05, 0.1) is 11.7 Å². The summed E-state index contributed by atoms with van der Waals surface area (Å²) in [5.41, 5.74) is -1.24. The molecule has 0 radical (unpaired) electrons. The van der Waals surface area contributed by atoms with Crippen LogP contribution < -0.4 is 0 Å². The van der Waals surface area contributed by atoms with E-state index in [9.17, 15) is 13.9 Å². The van der Waals surface area contributed by atoms with Crippen LogP contribution in [0.3, 0.4) is 0 Å². The Balaban J connectivity index is 2.16. The number of hydrogen-bond donors (Lipinski definition) is 1. The first-order valence-corrected chi connectivity index (χ1v) is 5.34. The van der Waals surface area contributed by atoms with E-state index in [2.05, 4.69) is 0 Å². The third-order valence-corrected chi connectivity index (χ3v) is 2.96. The summed E-state index contributed by atoms with van der Waals surface area (Å²) < 4.78 is 31.7. The molecule has 1 saturated carbocycles. The van der Waals surface area contributed by atoms with Gasteiger partial charge in [0.15, 0.2) is 0 Å². The maximum Gasteiger partial charge on any atom is 0.129 e. The van der Waals surface area contributed by atoms with E-state index in [1.165, 1.54) is 0 Å². The fourth-order valence-corrected chi connectivity index (χ4v) is 2.12. The van der Waals surface area contributed by atoms with Crippen molar-refractivity contribution < 1.29 is 18.6 Å². The molecule has 1 aliphatic rings. The zero-order chi connectivity index (χ0) is 11.8. The molecule has 88 valence electrons. The standard InChI is InChI=1S/C12H14F2O2/c1-2-16-9-6-12(15,7-9)10-5-8(13)3-4-11(10)14/h3-5,9,15H,2,6-7H2,1H3. The molecule has 2 nitrogen and oxygen atoms in total. The van der Waals surface area contributed by atoms with Gasteiger partial charge in [-0.1, -0.05) is 0 Å². The largest absolute Gasteiger partial charge is 0.385 e. The molecule has 1 aromatic carbocycles. The van der Waals surface area contributed by atoms with Gasteiger partial charge >= 0.3 is 0 Å². The molecular weight excluding hydrogens is 214 g/mol. The summed E-state index contributed by atoms with van der Waals surface area (Å²) in [6.07, 6.45) is 0.584. The van der Waals surface area contributed by atoms with Gasteiger partial charge in [0.2, 0.25) is 0 Å². The molecule has 2 rings (SSSR count). The number of rotatable bonds is 3. The van der Waals surface area contributed by atoms with Crippen LogP contribution in [0.5, 0.6) is 0 Å². The normalized spacial score (nSPS) is 28.9. The van der Waals surface area contributed by atoms with E-state index >= 15 is 0 Å². The summed E-state index contributed by atoms with van der Waals surface area (Å²) in [5.74, 6) is -1.11. The van der Waals surface area contributed by atoms with Crippen molar-refractivity contribution in [1.82, 2.24) is 0 Å². The van der Waals surface area contributed by atoms with Gasteiger partial charge in [-0.3, -0.25) is 0 Å². The quantitative estimate of drug-likeness (QED) is 0.860. The molecule has 4 heteroatoms. The molecule has 1 fully saturated rings. The third kappa shape index (κ3) is 1.95. The minimum absolute atomic E-state index is 0.0310. The average molecular weight is 228 g/mol. The lowest BCUT2D eigenvalue weighted by molar-refractivity contribution is -0.144. The lowest BCUT2D eigenvalue weighted by atomic mass is 9.72. The summed E-state index contributed by atoms with van der Waals surface area (Å²) in [6.45, 7) is 2.42. The smallest absolute Gasteiger partial charge is 0.129 e. The van der Waals surface area contributed by atoms with Crippen LogP contribution in [0.25, 0.3) is 0 Å². The van der Waals surface area contributed by atoms with Gasteiger partial charge in [-0.05, 0) is 25.1 Å². The Morgan fingerprint density at radius 1 is 1.44 bits per heavy atom. The van der Waals surface area contributed by atoms with Crippen molar-refractivity contribution in [3.8, 4) is 0 Å². The molecule has 0 amide bonds. The van der Waals surface area contributed by atoms with Gasteiger partial charge in [-0.2, -0.15) is 0 Å². The van der Waals surface area contributed by atoms with Gasteiger partial charge < -0.3 is 9.84 Å². The molecule has 1 aromatic rings. The average Bonchev–Trinajstić information content (AvgIpc) is 2.19. The van der Waals surface area contributed by atoms with E-state index in [0.717, 1.165) is 18.2 Å². The summed E-state index contributed by atoms with van der Waals surface area (Å²) in [7, 11) is 0. The summed E-state index contributed by atoms with van der Waals surface area (Å²) in [6, 6.07) is 3.13. The van der Waals surface area contributed by atoms with Crippen molar-refractivity contribution in [2.24, 2.45) is 0 Å². The molecule has 1 N–H and O–H groups in total. The van der Waals surface area contributed by atoms with Crippen molar-refractivity contribution in [2.45, 2.75) is 31.5 Å². The maximum atomic E-state index is 13.4. The Kier molecular flexibility index (Phi) is 2.95. The number of hydrogen-bond acceptors (Lipinski definition) is 2. The third-order valence-electron chi connectivity index (χ3n) is 2.96. The number of benzene rings is 1. The molecule has 0 bridgehead atoms. The van der Waals surface area contributed by atoms with Crippen molar-refractivity contribution in [2.75, 3.05) is 6.61 Å². The Morgan fingerprint density at radius 3 is 2.75 bits per heavy atom. The van der Waals surface area contributed by atoms with Crippen molar-refractivity contribution in [1.29, 1.82) is 0 Å². The number of ether oxygens (including phenoxy) is 1. The SMILES string of the molecule is CCOC1CC(O)(c2cc(F)ccc2F)C1. The Bertz CT molecular complexity index is 387. The van der Waals surface area contributed by atoms with E-state index in [-0.39, 0.29) is 11.7 Å². The van der Waals surface area contributed by atoms with E-state index in [4.69, 9.17) is 4.74 Å². The Labute approximate surface area is 92.9 Å². The molecular formula is C12H14F2O2. The highest BCUT2D eigenvalue weighted by atomic mass is 19.1. The van der Waals surface area contributed by atoms with Gasteiger partial charge in [-0.15, -0.1) is 0 Å². The first kappa shape index (κ1) is 11.5. The Hall–Kier alpha value is -1.00. The van der Waals surface area contributed by atoms with Crippen LogP contribution >= 0.6 is 0 Å². The minimum atomic E-state index is -1.27. The molecule has 16 heavy (non-hydrogen) atoms. The van der Waals surface area contributed by atoms with Crippen molar-refractivity contribution in [3.63, 3.8) is 0 Å². The van der Waals surface area contributed by atoms with E-state index in [1.807, 2.05) is 6.92 Å². The monoisotopic (exact) mass is 228 g/mol. The first-order valence-electron chi connectivity index (χ1n) is 5.34. The number of halogens is 2. The predicted molar refractivity (Wildman–Crippen MR) is 54.9 cm³/mol. The zero-order valence-electron chi connectivity index (χ0n) is 9.04. The van der Waals surface area contributed by atoms with E-state index < -0.39 is 17.2 Å². The topological polar surface area (TPSA) is 29.5 Å².